The molecule has 6 nitrogen and oxygen atoms in total. The Labute approximate surface area is 131 Å². The van der Waals surface area contributed by atoms with Gasteiger partial charge in [-0.3, -0.25) is 9.45 Å². The summed E-state index contributed by atoms with van der Waals surface area (Å²) in [4.78, 5) is 13.1. The Balaban J connectivity index is 3.50. The molecule has 0 bridgehead atoms. The smallest absolute Gasteiger partial charge is 0.414 e. The number of anilines is 1. The van der Waals surface area contributed by atoms with E-state index in [4.69, 9.17) is 4.74 Å². The normalized spacial score (nSPS) is 12.1. The van der Waals surface area contributed by atoms with Gasteiger partial charge in [0.15, 0.2) is 0 Å². The SMILES string of the molecule is CCc1c(C)ccc(S(=O)(=O)O)c1N(C)C(=O)OC(C)(C)C. The van der Waals surface area contributed by atoms with Crippen LogP contribution >= 0.6 is 0 Å². The first-order valence-corrected chi connectivity index (χ1v) is 8.39. The Kier molecular flexibility index (Phi) is 5.25. The first-order chi connectivity index (χ1) is 9.88. The molecule has 0 aliphatic heterocycles. The van der Waals surface area contributed by atoms with E-state index in [0.29, 0.717) is 12.0 Å². The fourth-order valence-corrected chi connectivity index (χ4v) is 2.90. The highest BCUT2D eigenvalue weighted by atomic mass is 32.2. The summed E-state index contributed by atoms with van der Waals surface area (Å²) in [5, 5.41) is 0. The zero-order valence-electron chi connectivity index (χ0n) is 13.8. The van der Waals surface area contributed by atoms with Gasteiger partial charge in [0.1, 0.15) is 10.5 Å². The molecule has 0 aromatic heterocycles. The minimum Gasteiger partial charge on any atom is -0.443 e. The Bertz CT molecular complexity index is 674. The molecular formula is C15H23NO5S. The summed E-state index contributed by atoms with van der Waals surface area (Å²) in [6.07, 6.45) is -0.171. The fourth-order valence-electron chi connectivity index (χ4n) is 2.16. The van der Waals surface area contributed by atoms with Crippen molar-refractivity contribution >= 4 is 21.9 Å². The summed E-state index contributed by atoms with van der Waals surface area (Å²) in [6.45, 7) is 8.83. The van der Waals surface area contributed by atoms with Crippen LogP contribution in [-0.4, -0.2) is 31.7 Å². The highest BCUT2D eigenvalue weighted by molar-refractivity contribution is 7.86. The molecule has 0 saturated heterocycles. The van der Waals surface area contributed by atoms with Gasteiger partial charge in [0.2, 0.25) is 0 Å². The van der Waals surface area contributed by atoms with Crippen molar-refractivity contribution in [1.82, 2.24) is 0 Å². The lowest BCUT2D eigenvalue weighted by Crippen LogP contribution is -2.35. The quantitative estimate of drug-likeness (QED) is 0.861. The van der Waals surface area contributed by atoms with Crippen LogP contribution in [0.25, 0.3) is 0 Å². The monoisotopic (exact) mass is 329 g/mol. The lowest BCUT2D eigenvalue weighted by molar-refractivity contribution is 0.0588. The van der Waals surface area contributed by atoms with Crippen molar-refractivity contribution in [2.45, 2.75) is 51.5 Å². The van der Waals surface area contributed by atoms with Crippen molar-refractivity contribution in [2.24, 2.45) is 0 Å². The van der Waals surface area contributed by atoms with Gasteiger partial charge in [-0.05, 0) is 51.3 Å². The molecule has 0 radical (unpaired) electrons. The number of hydrogen-bond donors (Lipinski definition) is 1. The van der Waals surface area contributed by atoms with Crippen LogP contribution in [0.3, 0.4) is 0 Å². The third-order valence-electron chi connectivity index (χ3n) is 3.11. The number of hydrogen-bond acceptors (Lipinski definition) is 4. The Hall–Kier alpha value is -1.60. The highest BCUT2D eigenvalue weighted by Crippen LogP contribution is 2.32. The second-order valence-corrected chi connectivity index (χ2v) is 7.47. The second kappa shape index (κ2) is 6.26. The third-order valence-corrected chi connectivity index (χ3v) is 4.00. The van der Waals surface area contributed by atoms with Crippen molar-refractivity contribution < 1.29 is 22.5 Å². The number of carbonyl (C=O) groups excluding carboxylic acids is 1. The lowest BCUT2D eigenvalue weighted by Gasteiger charge is -2.27. The van der Waals surface area contributed by atoms with E-state index >= 15 is 0 Å². The summed E-state index contributed by atoms with van der Waals surface area (Å²) in [5.41, 5.74) is 0.947. The zero-order chi connectivity index (χ0) is 17.3. The van der Waals surface area contributed by atoms with Crippen LogP contribution in [0.1, 0.15) is 38.8 Å². The predicted octanol–water partition coefficient (Wildman–Crippen LogP) is 3.18. The van der Waals surface area contributed by atoms with Gasteiger partial charge in [0.25, 0.3) is 10.1 Å². The number of benzene rings is 1. The van der Waals surface area contributed by atoms with E-state index in [2.05, 4.69) is 0 Å². The van der Waals surface area contributed by atoms with Crippen LogP contribution in [0.5, 0.6) is 0 Å². The molecule has 1 N–H and O–H groups in total. The molecule has 1 amide bonds. The van der Waals surface area contributed by atoms with E-state index in [1.54, 1.807) is 26.8 Å². The van der Waals surface area contributed by atoms with Gasteiger partial charge in [-0.25, -0.2) is 4.79 Å². The summed E-state index contributed by atoms with van der Waals surface area (Å²) < 4.78 is 38.0. The van der Waals surface area contributed by atoms with Crippen molar-refractivity contribution in [3.8, 4) is 0 Å². The first kappa shape index (κ1) is 18.4. The summed E-state index contributed by atoms with van der Waals surface area (Å²) in [7, 11) is -3.03. The average molecular weight is 329 g/mol. The standard InChI is InChI=1S/C15H23NO5S/c1-7-11-10(2)8-9-12(22(18,19)20)13(11)16(6)14(17)21-15(3,4)5/h8-9H,7H2,1-6H3,(H,18,19,20). The minimum absolute atomic E-state index is 0.152. The van der Waals surface area contributed by atoms with Crippen molar-refractivity contribution in [3.63, 3.8) is 0 Å². The van der Waals surface area contributed by atoms with E-state index in [1.165, 1.54) is 13.1 Å². The van der Waals surface area contributed by atoms with Crippen LogP contribution < -0.4 is 4.90 Å². The van der Waals surface area contributed by atoms with E-state index in [1.807, 2.05) is 13.8 Å². The van der Waals surface area contributed by atoms with Crippen LogP contribution in [0.4, 0.5) is 10.5 Å². The van der Waals surface area contributed by atoms with Crippen molar-refractivity contribution in [2.75, 3.05) is 11.9 Å². The summed E-state index contributed by atoms with van der Waals surface area (Å²) in [6, 6.07) is 2.90. The van der Waals surface area contributed by atoms with Gasteiger partial charge in [0.05, 0.1) is 5.69 Å². The van der Waals surface area contributed by atoms with Gasteiger partial charge in [-0.15, -0.1) is 0 Å². The predicted molar refractivity (Wildman–Crippen MR) is 85.0 cm³/mol. The minimum atomic E-state index is -4.45. The first-order valence-electron chi connectivity index (χ1n) is 6.95. The molecule has 1 rings (SSSR count). The van der Waals surface area contributed by atoms with Gasteiger partial charge in [0, 0.05) is 7.05 Å². The maximum atomic E-state index is 12.2. The maximum absolute atomic E-state index is 12.2. The molecule has 0 saturated carbocycles. The number of rotatable bonds is 3. The highest BCUT2D eigenvalue weighted by Gasteiger charge is 2.28. The van der Waals surface area contributed by atoms with Crippen LogP contribution in [0.2, 0.25) is 0 Å². The molecule has 0 aliphatic rings. The Morgan fingerprint density at radius 3 is 2.27 bits per heavy atom. The third kappa shape index (κ3) is 4.20. The van der Waals surface area contributed by atoms with E-state index < -0.39 is 21.8 Å². The number of aryl methyl sites for hydroxylation is 1. The van der Waals surface area contributed by atoms with Gasteiger partial charge < -0.3 is 4.74 Å². The number of amides is 1. The fraction of sp³-hybridized carbons (Fsp3) is 0.533. The van der Waals surface area contributed by atoms with Crippen LogP contribution in [-0.2, 0) is 21.3 Å². The van der Waals surface area contributed by atoms with Gasteiger partial charge in [-0.1, -0.05) is 13.0 Å². The van der Waals surface area contributed by atoms with Crippen LogP contribution in [0.15, 0.2) is 17.0 Å². The average Bonchev–Trinajstić information content (AvgIpc) is 2.33. The van der Waals surface area contributed by atoms with E-state index in [0.717, 1.165) is 10.5 Å². The molecule has 0 aliphatic carbocycles. The molecule has 7 heteroatoms. The maximum Gasteiger partial charge on any atom is 0.414 e. The molecular weight excluding hydrogens is 306 g/mol. The molecule has 22 heavy (non-hydrogen) atoms. The van der Waals surface area contributed by atoms with Gasteiger partial charge >= 0.3 is 6.09 Å². The van der Waals surface area contributed by atoms with E-state index in [9.17, 15) is 17.8 Å². The summed E-state index contributed by atoms with van der Waals surface area (Å²) >= 11 is 0. The lowest BCUT2D eigenvalue weighted by atomic mass is 10.0. The molecule has 1 aromatic rings. The molecule has 0 unspecified atom stereocenters. The molecule has 1 aromatic carbocycles. The number of nitrogens with zero attached hydrogens (tertiary/aromatic N) is 1. The molecule has 124 valence electrons. The number of ether oxygens (including phenoxy) is 1. The molecule has 0 heterocycles. The van der Waals surface area contributed by atoms with Crippen molar-refractivity contribution in [1.29, 1.82) is 0 Å². The molecule has 0 spiro atoms. The zero-order valence-corrected chi connectivity index (χ0v) is 14.6. The summed E-state index contributed by atoms with van der Waals surface area (Å²) in [5.74, 6) is 0. The van der Waals surface area contributed by atoms with E-state index in [-0.39, 0.29) is 10.6 Å². The molecule has 0 fully saturated rings. The molecule has 0 atom stereocenters. The van der Waals surface area contributed by atoms with Gasteiger partial charge in [-0.2, -0.15) is 8.42 Å². The largest absolute Gasteiger partial charge is 0.443 e. The van der Waals surface area contributed by atoms with Crippen molar-refractivity contribution in [3.05, 3.63) is 23.3 Å². The Morgan fingerprint density at radius 2 is 1.86 bits per heavy atom. The number of carbonyl (C=O) groups is 1. The second-order valence-electron chi connectivity index (χ2n) is 6.08. The topological polar surface area (TPSA) is 83.9 Å². The van der Waals surface area contributed by atoms with Crippen LogP contribution in [0, 0.1) is 6.92 Å². The Morgan fingerprint density at radius 1 is 1.32 bits per heavy atom.